The maximum atomic E-state index is 8.48. The van der Waals surface area contributed by atoms with Gasteiger partial charge in [-0.05, 0) is 0 Å². The zero-order valence-corrected chi connectivity index (χ0v) is 4.66. The first-order valence-corrected chi connectivity index (χ1v) is 1.64. The summed E-state index contributed by atoms with van der Waals surface area (Å²) >= 11 is 0. The second-order valence-corrected chi connectivity index (χ2v) is 0.671. The molecular formula is O3PRu. The molecule has 0 saturated heterocycles. The Hall–Kier alpha value is 0.933. The molecule has 0 atom stereocenters. The third-order valence-electron chi connectivity index (χ3n) is 0. The average molecular weight is 180 g/mol. The van der Waals surface area contributed by atoms with Crippen LogP contribution in [0.25, 0.3) is 0 Å². The Kier molecular flexibility index (Phi) is 9.21. The second-order valence-electron chi connectivity index (χ2n) is 0.224. The normalized spacial score (nSPS) is 7.20. The summed E-state index contributed by atoms with van der Waals surface area (Å²) < 4.78 is 0. The van der Waals surface area contributed by atoms with Crippen LogP contribution >= 0.6 is 8.60 Å². The molecule has 1 radical (unpaired) electrons. The fraction of sp³-hybridized carbons (Fsp3) is 0. The summed E-state index contributed by atoms with van der Waals surface area (Å²) in [5.41, 5.74) is 0. The van der Waals surface area contributed by atoms with Crippen molar-refractivity contribution in [3.05, 3.63) is 0 Å². The SMILES string of the molecule is [O-]P([O-])[O-].[Ru+3]. The van der Waals surface area contributed by atoms with Gasteiger partial charge in [0, 0.05) is 0 Å². The molecule has 0 aliphatic carbocycles. The van der Waals surface area contributed by atoms with E-state index in [1.165, 1.54) is 0 Å². The van der Waals surface area contributed by atoms with Crippen molar-refractivity contribution in [3.8, 4) is 0 Å². The topological polar surface area (TPSA) is 69.2 Å². The maximum Gasteiger partial charge on any atom is 3.00 e. The van der Waals surface area contributed by atoms with Crippen molar-refractivity contribution in [1.29, 1.82) is 0 Å². The molecule has 5 heteroatoms. The molecule has 0 aromatic heterocycles. The molecule has 5 heavy (non-hydrogen) atoms. The molecule has 0 amide bonds. The predicted molar refractivity (Wildman–Crippen MR) is 6.92 cm³/mol. The Morgan fingerprint density at radius 3 is 1.00 bits per heavy atom. The van der Waals surface area contributed by atoms with Gasteiger partial charge < -0.3 is 23.3 Å². The van der Waals surface area contributed by atoms with Crippen LogP contribution in [0.3, 0.4) is 0 Å². The number of rotatable bonds is 0. The molecular weight excluding hydrogens is 180 g/mol. The van der Waals surface area contributed by atoms with Crippen molar-refractivity contribution < 1.29 is 34.2 Å². The molecule has 0 aromatic rings. The molecule has 0 bridgehead atoms. The van der Waals surface area contributed by atoms with Crippen LogP contribution in [0, 0.1) is 0 Å². The smallest absolute Gasteiger partial charge is 0.854 e. The van der Waals surface area contributed by atoms with E-state index in [2.05, 4.69) is 0 Å². The third-order valence-corrected chi connectivity index (χ3v) is 0. The molecule has 0 aliphatic heterocycles. The first kappa shape index (κ1) is 9.33. The van der Waals surface area contributed by atoms with Crippen molar-refractivity contribution in [3.63, 3.8) is 0 Å². The van der Waals surface area contributed by atoms with Gasteiger partial charge in [0.25, 0.3) is 0 Å². The van der Waals surface area contributed by atoms with Crippen LogP contribution in [0.1, 0.15) is 0 Å². The number of hydrogen-bond acceptors (Lipinski definition) is 3. The fourth-order valence-electron chi connectivity index (χ4n) is 0. The largest absolute Gasteiger partial charge is 3.00 e. The summed E-state index contributed by atoms with van der Waals surface area (Å²) in [7, 11) is -3.37. The van der Waals surface area contributed by atoms with Gasteiger partial charge in [0.2, 0.25) is 0 Å². The van der Waals surface area contributed by atoms with E-state index < -0.39 is 8.60 Å². The van der Waals surface area contributed by atoms with E-state index in [-0.39, 0.29) is 19.5 Å². The second kappa shape index (κ2) is 4.93. The van der Waals surface area contributed by atoms with Crippen LogP contribution < -0.4 is 14.7 Å². The van der Waals surface area contributed by atoms with Crippen LogP contribution in [0.2, 0.25) is 0 Å². The summed E-state index contributed by atoms with van der Waals surface area (Å²) in [6.45, 7) is 0. The van der Waals surface area contributed by atoms with E-state index in [0.29, 0.717) is 0 Å². The predicted octanol–water partition coefficient (Wildman–Crippen LogP) is -2.71. The Bertz CT molecular complexity index is 11.6. The molecule has 0 spiro atoms. The third kappa shape index (κ3) is 48.7. The Morgan fingerprint density at radius 2 is 1.00 bits per heavy atom. The van der Waals surface area contributed by atoms with Crippen LogP contribution in [0.5, 0.6) is 0 Å². The van der Waals surface area contributed by atoms with Crippen LogP contribution in [-0.4, -0.2) is 0 Å². The first-order valence-electron chi connectivity index (χ1n) is 0.548. The van der Waals surface area contributed by atoms with Crippen LogP contribution in [0.4, 0.5) is 0 Å². The van der Waals surface area contributed by atoms with Crippen LogP contribution in [0.15, 0.2) is 0 Å². The summed E-state index contributed by atoms with van der Waals surface area (Å²) in [5.74, 6) is 0. The Morgan fingerprint density at radius 1 is 1.00 bits per heavy atom. The summed E-state index contributed by atoms with van der Waals surface area (Å²) in [6.07, 6.45) is 0. The molecule has 0 unspecified atom stereocenters. The minimum Gasteiger partial charge on any atom is -0.854 e. The van der Waals surface area contributed by atoms with Gasteiger partial charge in [0.05, 0.1) is 0 Å². The Balaban J connectivity index is 0. The van der Waals surface area contributed by atoms with Gasteiger partial charge in [-0.15, -0.1) is 0 Å². The van der Waals surface area contributed by atoms with Gasteiger partial charge in [0.15, 0.2) is 0 Å². The Labute approximate surface area is 43.4 Å². The molecule has 0 N–H and O–H groups in total. The quantitative estimate of drug-likeness (QED) is 0.300. The molecule has 0 fully saturated rings. The molecule has 0 rings (SSSR count). The van der Waals surface area contributed by atoms with Gasteiger partial charge >= 0.3 is 19.5 Å². The van der Waals surface area contributed by atoms with Gasteiger partial charge in [0.1, 0.15) is 0 Å². The zero-order valence-electron chi connectivity index (χ0n) is 2.03. The van der Waals surface area contributed by atoms with E-state index in [0.717, 1.165) is 0 Å². The standard InChI is InChI=1S/O3P.Ru/c1-4(2)3;/q-3;+3. The number of hydrogen-bond donors (Lipinski definition) is 0. The molecule has 3 nitrogen and oxygen atoms in total. The van der Waals surface area contributed by atoms with Gasteiger partial charge in [-0.3, -0.25) is 0 Å². The summed E-state index contributed by atoms with van der Waals surface area (Å²) in [5, 5.41) is 0. The van der Waals surface area contributed by atoms with Gasteiger partial charge in [-0.1, -0.05) is 0 Å². The molecule has 31 valence electrons. The molecule has 0 heterocycles. The van der Waals surface area contributed by atoms with Crippen molar-refractivity contribution >= 4 is 8.60 Å². The minimum absolute atomic E-state index is 0. The van der Waals surface area contributed by atoms with Gasteiger partial charge in [-0.25, -0.2) is 0 Å². The van der Waals surface area contributed by atoms with Gasteiger partial charge in [-0.2, -0.15) is 0 Å². The molecule has 0 saturated carbocycles. The van der Waals surface area contributed by atoms with Crippen molar-refractivity contribution in [2.75, 3.05) is 0 Å². The summed E-state index contributed by atoms with van der Waals surface area (Å²) in [4.78, 5) is 25.4. The van der Waals surface area contributed by atoms with Crippen LogP contribution in [-0.2, 0) is 19.5 Å². The fourth-order valence-corrected chi connectivity index (χ4v) is 0. The van der Waals surface area contributed by atoms with E-state index in [4.69, 9.17) is 14.7 Å². The zero-order chi connectivity index (χ0) is 3.58. The van der Waals surface area contributed by atoms with E-state index in [1.807, 2.05) is 0 Å². The van der Waals surface area contributed by atoms with Crippen molar-refractivity contribution in [2.45, 2.75) is 0 Å². The monoisotopic (exact) mass is 181 g/mol. The maximum absolute atomic E-state index is 8.48. The van der Waals surface area contributed by atoms with E-state index >= 15 is 0 Å². The van der Waals surface area contributed by atoms with Crippen molar-refractivity contribution in [2.24, 2.45) is 0 Å². The molecule has 0 aromatic carbocycles. The van der Waals surface area contributed by atoms with E-state index in [1.54, 1.807) is 0 Å². The van der Waals surface area contributed by atoms with Crippen molar-refractivity contribution in [1.82, 2.24) is 0 Å². The minimum atomic E-state index is -3.37. The average Bonchev–Trinajstić information content (AvgIpc) is 0.811. The molecule has 0 aliphatic rings. The van der Waals surface area contributed by atoms with E-state index in [9.17, 15) is 0 Å². The first-order chi connectivity index (χ1) is 1.73. The summed E-state index contributed by atoms with van der Waals surface area (Å²) in [6, 6.07) is 0.